The first kappa shape index (κ1) is 13.4. The lowest BCUT2D eigenvalue weighted by Gasteiger charge is -2.29. The van der Waals surface area contributed by atoms with Gasteiger partial charge in [-0.05, 0) is 30.9 Å². The summed E-state index contributed by atoms with van der Waals surface area (Å²) in [5.74, 6) is 3.54. The fraction of sp³-hybridized carbons (Fsp3) is 1.00. The molecule has 0 aromatic rings. The molecule has 0 bridgehead atoms. The third kappa shape index (κ3) is 5.82. The second kappa shape index (κ2) is 8.46. The van der Waals surface area contributed by atoms with E-state index < -0.39 is 0 Å². The Morgan fingerprint density at radius 3 is 2.73 bits per heavy atom. The lowest BCUT2D eigenvalue weighted by molar-refractivity contribution is 0.285. The van der Waals surface area contributed by atoms with Gasteiger partial charge in [0.15, 0.2) is 0 Å². The van der Waals surface area contributed by atoms with Crippen molar-refractivity contribution in [1.82, 2.24) is 5.32 Å². The van der Waals surface area contributed by atoms with Gasteiger partial charge in [-0.15, -0.1) is 0 Å². The van der Waals surface area contributed by atoms with Crippen molar-refractivity contribution in [3.05, 3.63) is 0 Å². The Morgan fingerprint density at radius 2 is 2.00 bits per heavy atom. The summed E-state index contributed by atoms with van der Waals surface area (Å²) >= 11 is 2.11. The van der Waals surface area contributed by atoms with Crippen LogP contribution in [0.4, 0.5) is 0 Å². The Labute approximate surface area is 99.8 Å². The molecule has 0 amide bonds. The van der Waals surface area contributed by atoms with Gasteiger partial charge in [0.25, 0.3) is 0 Å². The maximum Gasteiger partial charge on any atom is 0.00930 e. The zero-order valence-corrected chi connectivity index (χ0v) is 11.2. The van der Waals surface area contributed by atoms with Crippen molar-refractivity contribution in [1.29, 1.82) is 0 Å². The Bertz CT molecular complexity index is 149. The number of hydrogen-bond donors (Lipinski definition) is 1. The molecule has 1 fully saturated rings. The van der Waals surface area contributed by atoms with Crippen molar-refractivity contribution >= 4 is 11.8 Å². The van der Waals surface area contributed by atoms with E-state index in [1.807, 2.05) is 0 Å². The van der Waals surface area contributed by atoms with Gasteiger partial charge in [-0.1, -0.05) is 33.1 Å². The molecule has 15 heavy (non-hydrogen) atoms. The maximum atomic E-state index is 3.73. The molecule has 0 aromatic carbocycles. The summed E-state index contributed by atoms with van der Waals surface area (Å²) in [7, 11) is 0. The van der Waals surface area contributed by atoms with E-state index in [9.17, 15) is 0 Å². The molecule has 1 nitrogen and oxygen atoms in total. The van der Waals surface area contributed by atoms with E-state index in [-0.39, 0.29) is 0 Å². The molecular weight excluding hydrogens is 202 g/mol. The summed E-state index contributed by atoms with van der Waals surface area (Å²) < 4.78 is 0. The van der Waals surface area contributed by atoms with Gasteiger partial charge >= 0.3 is 0 Å². The van der Waals surface area contributed by atoms with Crippen LogP contribution in [0.2, 0.25) is 0 Å². The minimum atomic E-state index is 0.811. The zero-order valence-electron chi connectivity index (χ0n) is 10.4. The second-order valence-electron chi connectivity index (χ2n) is 4.79. The quantitative estimate of drug-likeness (QED) is 0.668. The predicted octanol–water partition coefficient (Wildman–Crippen LogP) is 3.69. The topological polar surface area (TPSA) is 12.0 Å². The van der Waals surface area contributed by atoms with Crippen LogP contribution in [0.5, 0.6) is 0 Å². The van der Waals surface area contributed by atoms with E-state index in [1.165, 1.54) is 56.6 Å². The van der Waals surface area contributed by atoms with E-state index in [0.29, 0.717) is 0 Å². The van der Waals surface area contributed by atoms with Crippen molar-refractivity contribution in [3.63, 3.8) is 0 Å². The van der Waals surface area contributed by atoms with Gasteiger partial charge in [0, 0.05) is 18.3 Å². The van der Waals surface area contributed by atoms with Gasteiger partial charge in [0.2, 0.25) is 0 Å². The number of rotatable bonds is 7. The highest BCUT2D eigenvalue weighted by Crippen LogP contribution is 2.23. The number of thioether (sulfide) groups is 1. The van der Waals surface area contributed by atoms with Crippen LogP contribution in [0, 0.1) is 5.92 Å². The molecule has 2 unspecified atom stereocenters. The smallest absolute Gasteiger partial charge is 0.00930 e. The molecule has 0 aromatic heterocycles. The molecule has 2 atom stereocenters. The van der Waals surface area contributed by atoms with Crippen molar-refractivity contribution in [3.8, 4) is 0 Å². The molecule has 1 rings (SSSR count). The molecule has 2 heteroatoms. The molecular formula is C13H27NS. The fourth-order valence-electron chi connectivity index (χ4n) is 2.28. The summed E-state index contributed by atoms with van der Waals surface area (Å²) in [6, 6.07) is 0.811. The van der Waals surface area contributed by atoms with Crippen molar-refractivity contribution in [2.75, 3.05) is 18.1 Å². The van der Waals surface area contributed by atoms with Gasteiger partial charge in [0.1, 0.15) is 0 Å². The van der Waals surface area contributed by atoms with Crippen LogP contribution < -0.4 is 5.32 Å². The van der Waals surface area contributed by atoms with Gasteiger partial charge in [0.05, 0.1) is 0 Å². The minimum absolute atomic E-state index is 0.811. The van der Waals surface area contributed by atoms with Crippen LogP contribution >= 0.6 is 11.8 Å². The molecule has 0 spiro atoms. The highest BCUT2D eigenvalue weighted by atomic mass is 32.2. The van der Waals surface area contributed by atoms with Crippen LogP contribution in [0.15, 0.2) is 0 Å². The fourth-order valence-corrected chi connectivity index (χ4v) is 3.24. The molecule has 90 valence electrons. The summed E-state index contributed by atoms with van der Waals surface area (Å²) in [5, 5.41) is 3.73. The average molecular weight is 229 g/mol. The number of unbranched alkanes of at least 4 members (excludes halogenated alkanes) is 1. The summed E-state index contributed by atoms with van der Waals surface area (Å²) in [6.45, 7) is 5.88. The van der Waals surface area contributed by atoms with E-state index in [1.54, 1.807) is 0 Å². The monoisotopic (exact) mass is 229 g/mol. The Morgan fingerprint density at radius 1 is 1.20 bits per heavy atom. The van der Waals surface area contributed by atoms with Crippen molar-refractivity contribution in [2.24, 2.45) is 5.92 Å². The first-order valence-electron chi connectivity index (χ1n) is 6.65. The third-order valence-electron chi connectivity index (χ3n) is 3.41. The summed E-state index contributed by atoms with van der Waals surface area (Å²) in [5.41, 5.74) is 0. The minimum Gasteiger partial charge on any atom is -0.313 e. The van der Waals surface area contributed by atoms with Crippen molar-refractivity contribution in [2.45, 2.75) is 58.4 Å². The van der Waals surface area contributed by atoms with Gasteiger partial charge in [-0.2, -0.15) is 11.8 Å². The molecule has 0 saturated heterocycles. The molecule has 1 N–H and O–H groups in total. The molecule has 1 aliphatic rings. The van der Waals surface area contributed by atoms with Gasteiger partial charge < -0.3 is 5.32 Å². The standard InChI is InChI=1S/C13H27NS/c1-3-4-10-15-11-9-14-13-8-6-5-7-12(13)2/h12-14H,3-11H2,1-2H3. The van der Waals surface area contributed by atoms with Crippen molar-refractivity contribution < 1.29 is 0 Å². The first-order chi connectivity index (χ1) is 7.34. The van der Waals surface area contributed by atoms with E-state index in [4.69, 9.17) is 0 Å². The largest absolute Gasteiger partial charge is 0.313 e. The average Bonchev–Trinajstić information content (AvgIpc) is 2.25. The van der Waals surface area contributed by atoms with Gasteiger partial charge in [-0.25, -0.2) is 0 Å². The van der Waals surface area contributed by atoms with Crippen LogP contribution in [0.25, 0.3) is 0 Å². The van der Waals surface area contributed by atoms with Crippen LogP contribution in [-0.2, 0) is 0 Å². The molecule has 1 saturated carbocycles. The summed E-state index contributed by atoms with van der Waals surface area (Å²) in [4.78, 5) is 0. The second-order valence-corrected chi connectivity index (χ2v) is 6.01. The van der Waals surface area contributed by atoms with E-state index >= 15 is 0 Å². The predicted molar refractivity (Wildman–Crippen MR) is 71.7 cm³/mol. The number of nitrogens with one attached hydrogen (secondary N) is 1. The SMILES string of the molecule is CCCCSCCNC1CCCCC1C. The first-order valence-corrected chi connectivity index (χ1v) is 7.81. The lowest BCUT2D eigenvalue weighted by Crippen LogP contribution is -2.38. The van der Waals surface area contributed by atoms with Crippen LogP contribution in [0.3, 0.4) is 0 Å². The normalized spacial score (nSPS) is 26.8. The summed E-state index contributed by atoms with van der Waals surface area (Å²) in [6.07, 6.45) is 8.43. The Hall–Kier alpha value is 0.310. The van der Waals surface area contributed by atoms with E-state index in [0.717, 1.165) is 12.0 Å². The highest BCUT2D eigenvalue weighted by Gasteiger charge is 2.19. The maximum absolute atomic E-state index is 3.73. The lowest BCUT2D eigenvalue weighted by atomic mass is 9.86. The Kier molecular flexibility index (Phi) is 7.54. The highest BCUT2D eigenvalue weighted by molar-refractivity contribution is 7.99. The number of hydrogen-bond acceptors (Lipinski definition) is 2. The third-order valence-corrected chi connectivity index (χ3v) is 4.48. The van der Waals surface area contributed by atoms with Crippen LogP contribution in [-0.4, -0.2) is 24.1 Å². The molecule has 0 heterocycles. The Balaban J connectivity index is 1.94. The van der Waals surface area contributed by atoms with Crippen LogP contribution in [0.1, 0.15) is 52.4 Å². The molecule has 0 radical (unpaired) electrons. The van der Waals surface area contributed by atoms with E-state index in [2.05, 4.69) is 30.9 Å². The van der Waals surface area contributed by atoms with Gasteiger partial charge in [-0.3, -0.25) is 0 Å². The molecule has 1 aliphatic carbocycles. The zero-order chi connectivity index (χ0) is 10.9. The molecule has 0 aliphatic heterocycles.